The van der Waals surface area contributed by atoms with E-state index in [4.69, 9.17) is 18.6 Å². The number of hydrogen-bond acceptors (Lipinski definition) is 5. The molecule has 0 bridgehead atoms. The lowest BCUT2D eigenvalue weighted by molar-refractivity contribution is 0.297. The summed E-state index contributed by atoms with van der Waals surface area (Å²) < 4.78 is 22.5. The fraction of sp³-hybridized carbons (Fsp3) is 0.167. The topological polar surface area (TPSA) is 52.9 Å². The predicted molar refractivity (Wildman–Crippen MR) is 115 cm³/mol. The fourth-order valence-corrected chi connectivity index (χ4v) is 3.56. The first kappa shape index (κ1) is 18.9. The van der Waals surface area contributed by atoms with E-state index in [2.05, 4.69) is 29.6 Å². The Morgan fingerprint density at radius 2 is 1.76 bits per heavy atom. The zero-order valence-corrected chi connectivity index (χ0v) is 16.7. The van der Waals surface area contributed by atoms with Gasteiger partial charge in [0.15, 0.2) is 11.5 Å². The molecule has 0 radical (unpaired) electrons. The second-order valence-corrected chi connectivity index (χ2v) is 6.57. The Balaban J connectivity index is 1.92. The number of nitrogens with one attached hydrogen (secondary N) is 1. The first-order valence-electron chi connectivity index (χ1n) is 9.35. The molecule has 3 aromatic carbocycles. The normalized spacial score (nSPS) is 10.9. The predicted octanol–water partition coefficient (Wildman–Crippen LogP) is 5.34. The largest absolute Gasteiger partial charge is 0.493 e. The molecule has 0 aliphatic carbocycles. The van der Waals surface area contributed by atoms with Gasteiger partial charge in [0.1, 0.15) is 12.5 Å². The average Bonchev–Trinajstić information content (AvgIpc) is 3.30. The van der Waals surface area contributed by atoms with Gasteiger partial charge in [-0.2, -0.15) is 0 Å². The van der Waals surface area contributed by atoms with Gasteiger partial charge >= 0.3 is 0 Å². The van der Waals surface area contributed by atoms with Crippen molar-refractivity contribution in [3.63, 3.8) is 0 Å². The number of methoxy groups -OCH3 is 2. The molecule has 29 heavy (non-hydrogen) atoms. The van der Waals surface area contributed by atoms with Crippen LogP contribution >= 0.6 is 0 Å². The summed E-state index contributed by atoms with van der Waals surface area (Å²) in [6.45, 7) is 0.445. The first-order valence-corrected chi connectivity index (χ1v) is 9.35. The van der Waals surface area contributed by atoms with E-state index in [1.54, 1.807) is 26.7 Å². The van der Waals surface area contributed by atoms with Gasteiger partial charge in [0.2, 0.25) is 0 Å². The van der Waals surface area contributed by atoms with Gasteiger partial charge < -0.3 is 18.6 Å². The minimum absolute atomic E-state index is 0.445. The summed E-state index contributed by atoms with van der Waals surface area (Å²) in [6, 6.07) is 18.3. The van der Waals surface area contributed by atoms with Gasteiger partial charge in [0, 0.05) is 16.7 Å². The van der Waals surface area contributed by atoms with Crippen molar-refractivity contribution in [2.45, 2.75) is 0 Å². The molecule has 0 amide bonds. The summed E-state index contributed by atoms with van der Waals surface area (Å²) in [4.78, 5) is 0. The quantitative estimate of drug-likeness (QED) is 0.433. The van der Waals surface area contributed by atoms with Crippen LogP contribution < -0.4 is 19.5 Å². The Kier molecular flexibility index (Phi) is 5.40. The highest BCUT2D eigenvalue weighted by Gasteiger charge is 2.18. The molecule has 4 rings (SSSR count). The Bertz CT molecular complexity index is 1120. The number of hydrogen-bond donors (Lipinski definition) is 1. The number of ether oxygens (including phenoxy) is 3. The highest BCUT2D eigenvalue weighted by molar-refractivity contribution is 6.03. The molecule has 0 unspecified atom stereocenters. The van der Waals surface area contributed by atoms with E-state index in [0.717, 1.165) is 38.8 Å². The molecule has 0 saturated heterocycles. The number of furan rings is 1. The standard InChI is InChI=1S/C24H23NO4/c1-25-15-29-21-7-5-4-6-19(21)16-8-9-20-18(12-16)13-22(26-2)24(27-3)23(20)17-10-11-28-14-17/h4-14,25H,15H2,1-3H3. The van der Waals surface area contributed by atoms with E-state index in [0.29, 0.717) is 18.2 Å². The summed E-state index contributed by atoms with van der Waals surface area (Å²) in [7, 11) is 5.15. The highest BCUT2D eigenvalue weighted by Crippen LogP contribution is 2.45. The number of fused-ring (bicyclic) bond motifs is 1. The first-order chi connectivity index (χ1) is 14.3. The molecule has 1 N–H and O–H groups in total. The van der Waals surface area contributed by atoms with Crippen LogP contribution in [0, 0.1) is 0 Å². The van der Waals surface area contributed by atoms with Crippen molar-refractivity contribution in [1.29, 1.82) is 0 Å². The van der Waals surface area contributed by atoms with Crippen molar-refractivity contribution in [2.75, 3.05) is 28.0 Å². The van der Waals surface area contributed by atoms with Crippen LogP contribution in [0.2, 0.25) is 0 Å². The lowest BCUT2D eigenvalue weighted by atomic mass is 9.94. The molecule has 1 heterocycles. The van der Waals surface area contributed by atoms with Crippen molar-refractivity contribution in [3.05, 3.63) is 67.1 Å². The summed E-state index contributed by atoms with van der Waals surface area (Å²) >= 11 is 0. The lowest BCUT2D eigenvalue weighted by Gasteiger charge is -2.16. The molecule has 0 aliphatic heterocycles. The maximum atomic E-state index is 5.85. The van der Waals surface area contributed by atoms with Crippen LogP contribution in [0.5, 0.6) is 17.2 Å². The van der Waals surface area contributed by atoms with Crippen molar-refractivity contribution < 1.29 is 18.6 Å². The van der Waals surface area contributed by atoms with E-state index >= 15 is 0 Å². The molecule has 0 atom stereocenters. The van der Waals surface area contributed by atoms with Gasteiger partial charge in [-0.1, -0.05) is 30.3 Å². The summed E-state index contributed by atoms with van der Waals surface area (Å²) in [5, 5.41) is 5.11. The Labute approximate surface area is 169 Å². The number of rotatable bonds is 7. The summed E-state index contributed by atoms with van der Waals surface area (Å²) in [5.41, 5.74) is 3.98. The monoisotopic (exact) mass is 389 g/mol. The van der Waals surface area contributed by atoms with E-state index in [1.807, 2.05) is 37.4 Å². The molecular weight excluding hydrogens is 366 g/mol. The molecular formula is C24H23NO4. The molecule has 5 heteroatoms. The van der Waals surface area contributed by atoms with Gasteiger partial charge in [-0.3, -0.25) is 5.32 Å². The highest BCUT2D eigenvalue weighted by atomic mass is 16.5. The van der Waals surface area contributed by atoms with Crippen LogP contribution in [-0.2, 0) is 0 Å². The SMILES string of the molecule is CNCOc1ccccc1-c1ccc2c(-c3ccoc3)c(OC)c(OC)cc2c1. The van der Waals surface area contributed by atoms with Gasteiger partial charge in [0.25, 0.3) is 0 Å². The second-order valence-electron chi connectivity index (χ2n) is 6.57. The Morgan fingerprint density at radius 3 is 2.48 bits per heavy atom. The fourth-order valence-electron chi connectivity index (χ4n) is 3.56. The molecule has 4 aromatic rings. The van der Waals surface area contributed by atoms with E-state index < -0.39 is 0 Å². The Hall–Kier alpha value is -3.44. The zero-order chi connectivity index (χ0) is 20.2. The van der Waals surface area contributed by atoms with E-state index in [9.17, 15) is 0 Å². The lowest BCUT2D eigenvalue weighted by Crippen LogP contribution is -2.14. The van der Waals surface area contributed by atoms with Crippen LogP contribution in [0.15, 0.2) is 71.5 Å². The third-order valence-corrected chi connectivity index (χ3v) is 4.86. The van der Waals surface area contributed by atoms with Crippen LogP contribution in [0.4, 0.5) is 0 Å². The van der Waals surface area contributed by atoms with Gasteiger partial charge in [-0.15, -0.1) is 0 Å². The zero-order valence-electron chi connectivity index (χ0n) is 16.7. The molecule has 0 saturated carbocycles. The van der Waals surface area contributed by atoms with Crippen LogP contribution in [0.1, 0.15) is 0 Å². The molecule has 0 fully saturated rings. The van der Waals surface area contributed by atoms with Gasteiger partial charge in [-0.05, 0) is 47.6 Å². The van der Waals surface area contributed by atoms with Gasteiger partial charge in [-0.25, -0.2) is 0 Å². The summed E-state index contributed by atoms with van der Waals surface area (Å²) in [5.74, 6) is 2.19. The van der Waals surface area contributed by atoms with Crippen molar-refractivity contribution in [3.8, 4) is 39.5 Å². The molecule has 5 nitrogen and oxygen atoms in total. The van der Waals surface area contributed by atoms with E-state index in [1.165, 1.54) is 0 Å². The van der Waals surface area contributed by atoms with E-state index in [-0.39, 0.29) is 0 Å². The van der Waals surface area contributed by atoms with Crippen molar-refractivity contribution in [1.82, 2.24) is 5.32 Å². The third-order valence-electron chi connectivity index (χ3n) is 4.86. The molecule has 1 aromatic heterocycles. The third kappa shape index (κ3) is 3.52. The molecule has 0 aliphatic rings. The van der Waals surface area contributed by atoms with Crippen LogP contribution in [-0.4, -0.2) is 28.0 Å². The number of benzene rings is 3. The maximum Gasteiger partial charge on any atom is 0.169 e. The average molecular weight is 389 g/mol. The van der Waals surface area contributed by atoms with Crippen LogP contribution in [0.3, 0.4) is 0 Å². The van der Waals surface area contributed by atoms with Gasteiger partial charge in [0.05, 0.1) is 26.7 Å². The molecule has 0 spiro atoms. The van der Waals surface area contributed by atoms with Crippen molar-refractivity contribution in [2.24, 2.45) is 0 Å². The Morgan fingerprint density at radius 1 is 0.897 bits per heavy atom. The second kappa shape index (κ2) is 8.29. The maximum absolute atomic E-state index is 5.85. The smallest absolute Gasteiger partial charge is 0.169 e. The minimum atomic E-state index is 0.445. The summed E-state index contributed by atoms with van der Waals surface area (Å²) in [6.07, 6.45) is 3.37. The van der Waals surface area contributed by atoms with Crippen LogP contribution in [0.25, 0.3) is 33.0 Å². The molecule has 148 valence electrons. The number of para-hydroxylation sites is 1. The minimum Gasteiger partial charge on any atom is -0.493 e. The van der Waals surface area contributed by atoms with Crippen molar-refractivity contribution >= 4 is 10.8 Å².